The second kappa shape index (κ2) is 21.0. The molecule has 0 saturated heterocycles. The summed E-state index contributed by atoms with van der Waals surface area (Å²) in [7, 11) is 2.23. The fraction of sp³-hybridized carbons (Fsp3) is 0.867. The van der Waals surface area contributed by atoms with Crippen molar-refractivity contribution in [3.8, 4) is 0 Å². The molecule has 1 rings (SSSR count). The van der Waals surface area contributed by atoms with Crippen LogP contribution in [0.15, 0.2) is 12.2 Å². The normalized spacial score (nSPS) is 15.0. The molecule has 0 bridgehead atoms. The molecule has 4 heteroatoms. The van der Waals surface area contributed by atoms with Crippen LogP contribution in [0.5, 0.6) is 0 Å². The Labute approximate surface area is 212 Å². The second-order valence-corrected chi connectivity index (χ2v) is 10.5. The average Bonchev–Trinajstić information content (AvgIpc) is 3.18. The van der Waals surface area contributed by atoms with E-state index in [0.29, 0.717) is 6.42 Å². The van der Waals surface area contributed by atoms with Crippen LogP contribution in [0.25, 0.3) is 0 Å². The Hall–Kier alpha value is -1.32. The van der Waals surface area contributed by atoms with Gasteiger partial charge in [-0.2, -0.15) is 0 Å². The number of likely N-dealkylation sites (N-methyl/N-ethyl adjacent to an activating group) is 1. The van der Waals surface area contributed by atoms with Crippen molar-refractivity contribution >= 4 is 11.7 Å². The van der Waals surface area contributed by atoms with Gasteiger partial charge >= 0.3 is 0 Å². The fourth-order valence-corrected chi connectivity index (χ4v) is 4.83. The third-order valence-electron chi connectivity index (χ3n) is 7.44. The number of nitrogens with zero attached hydrogens (tertiary/aromatic N) is 2. The van der Waals surface area contributed by atoms with E-state index in [1.807, 2.05) is 0 Å². The van der Waals surface area contributed by atoms with Gasteiger partial charge in [-0.05, 0) is 38.0 Å². The first-order valence-electron chi connectivity index (χ1n) is 14.8. The minimum absolute atomic E-state index is 0.230. The first-order chi connectivity index (χ1) is 16.6. The van der Waals surface area contributed by atoms with Crippen LogP contribution in [0.2, 0.25) is 0 Å². The van der Waals surface area contributed by atoms with E-state index in [9.17, 15) is 4.79 Å². The van der Waals surface area contributed by atoms with Crippen molar-refractivity contribution in [2.75, 3.05) is 33.2 Å². The summed E-state index contributed by atoms with van der Waals surface area (Å²) in [5, 5.41) is 3.16. The molecule has 0 aromatic carbocycles. The molecular weight excluding hydrogens is 418 g/mol. The summed E-state index contributed by atoms with van der Waals surface area (Å²) in [6.07, 6.45) is 25.8. The van der Waals surface area contributed by atoms with Crippen molar-refractivity contribution in [1.29, 1.82) is 0 Å². The molecule has 0 saturated carbocycles. The standard InChI is InChI=1S/C30H57N3O/c1-5-7-8-9-10-11-12-16-19-22-29(34)31-24-25-33-27-26-32(4)30(33)23-20-17-14-13-15-18-21-28(3)6-2/h7-8,28H,5-6,9-27H2,1-4H3/p+1. The summed E-state index contributed by atoms with van der Waals surface area (Å²) in [5.41, 5.74) is 0. The maximum atomic E-state index is 12.2. The number of carbonyl (C=O) groups excluding carboxylic acids is 1. The molecule has 1 unspecified atom stereocenters. The van der Waals surface area contributed by atoms with Gasteiger partial charge in [0.1, 0.15) is 19.6 Å². The van der Waals surface area contributed by atoms with Gasteiger partial charge in [0.25, 0.3) is 0 Å². The van der Waals surface area contributed by atoms with Gasteiger partial charge in [0.05, 0.1) is 13.6 Å². The summed E-state index contributed by atoms with van der Waals surface area (Å²) >= 11 is 0. The SMILES string of the molecule is CCC=CCCCCCCCC(=O)NCCN1CC[N+](C)=C1CCCCCCCCC(C)CC. The number of allylic oxidation sites excluding steroid dienone is 2. The Morgan fingerprint density at radius 3 is 2.38 bits per heavy atom. The summed E-state index contributed by atoms with van der Waals surface area (Å²) < 4.78 is 2.42. The highest BCUT2D eigenvalue weighted by molar-refractivity contribution is 5.78. The van der Waals surface area contributed by atoms with Crippen molar-refractivity contribution in [3.63, 3.8) is 0 Å². The molecule has 1 aliphatic rings. The van der Waals surface area contributed by atoms with E-state index in [1.165, 1.54) is 95.7 Å². The van der Waals surface area contributed by atoms with Crippen LogP contribution in [0.3, 0.4) is 0 Å². The minimum atomic E-state index is 0.230. The highest BCUT2D eigenvalue weighted by Crippen LogP contribution is 2.15. The van der Waals surface area contributed by atoms with Gasteiger partial charge in [-0.15, -0.1) is 0 Å². The van der Waals surface area contributed by atoms with Crippen LogP contribution in [0, 0.1) is 5.92 Å². The number of hydrogen-bond acceptors (Lipinski definition) is 2. The molecule has 198 valence electrons. The molecule has 1 N–H and O–H groups in total. The fourth-order valence-electron chi connectivity index (χ4n) is 4.83. The van der Waals surface area contributed by atoms with Crippen LogP contribution in [0.4, 0.5) is 0 Å². The van der Waals surface area contributed by atoms with Crippen LogP contribution >= 0.6 is 0 Å². The van der Waals surface area contributed by atoms with Crippen LogP contribution < -0.4 is 5.32 Å². The highest BCUT2D eigenvalue weighted by Gasteiger charge is 2.27. The number of carbonyl (C=O) groups is 1. The van der Waals surface area contributed by atoms with E-state index in [1.54, 1.807) is 0 Å². The summed E-state index contributed by atoms with van der Waals surface area (Å²) in [6.45, 7) is 10.8. The first-order valence-corrected chi connectivity index (χ1v) is 14.8. The molecular formula is C30H58N3O+. The monoisotopic (exact) mass is 476 g/mol. The molecule has 1 aliphatic heterocycles. The van der Waals surface area contributed by atoms with E-state index < -0.39 is 0 Å². The molecule has 1 heterocycles. The van der Waals surface area contributed by atoms with Gasteiger partial charge in [-0.1, -0.05) is 97.1 Å². The zero-order valence-corrected chi connectivity index (χ0v) is 23.4. The predicted octanol–water partition coefficient (Wildman–Crippen LogP) is 7.32. The van der Waals surface area contributed by atoms with E-state index in [2.05, 4.69) is 54.8 Å². The third kappa shape index (κ3) is 15.6. The number of amides is 1. The topological polar surface area (TPSA) is 35.4 Å². The molecule has 34 heavy (non-hydrogen) atoms. The van der Waals surface area contributed by atoms with Gasteiger partial charge in [0, 0.05) is 12.8 Å². The smallest absolute Gasteiger partial charge is 0.246 e. The van der Waals surface area contributed by atoms with Crippen LogP contribution in [-0.4, -0.2) is 54.4 Å². The van der Waals surface area contributed by atoms with Gasteiger partial charge in [0.15, 0.2) is 0 Å². The lowest BCUT2D eigenvalue weighted by molar-refractivity contribution is -0.487. The molecule has 1 amide bonds. The molecule has 0 aliphatic carbocycles. The van der Waals surface area contributed by atoms with E-state index in [4.69, 9.17) is 0 Å². The Balaban J connectivity index is 2.04. The lowest BCUT2D eigenvalue weighted by Gasteiger charge is -2.14. The van der Waals surface area contributed by atoms with Crippen molar-refractivity contribution in [3.05, 3.63) is 12.2 Å². The maximum Gasteiger partial charge on any atom is 0.246 e. The lowest BCUT2D eigenvalue weighted by Crippen LogP contribution is -2.37. The minimum Gasteiger partial charge on any atom is -0.352 e. The number of unbranched alkanes of at least 4 members (excludes halogenated alkanes) is 10. The van der Waals surface area contributed by atoms with Crippen LogP contribution in [-0.2, 0) is 4.79 Å². The molecule has 0 aromatic heterocycles. The van der Waals surface area contributed by atoms with E-state index >= 15 is 0 Å². The quantitative estimate of drug-likeness (QED) is 0.101. The number of amidine groups is 1. The summed E-state index contributed by atoms with van der Waals surface area (Å²) in [5.74, 6) is 2.62. The number of rotatable bonds is 22. The molecule has 0 radical (unpaired) electrons. The van der Waals surface area contributed by atoms with Gasteiger partial charge < -0.3 is 5.32 Å². The largest absolute Gasteiger partial charge is 0.352 e. The van der Waals surface area contributed by atoms with E-state index in [0.717, 1.165) is 44.9 Å². The maximum absolute atomic E-state index is 12.2. The molecule has 0 fully saturated rings. The first kappa shape index (κ1) is 30.7. The zero-order chi connectivity index (χ0) is 24.9. The Bertz CT molecular complexity index is 569. The average molecular weight is 477 g/mol. The Kier molecular flexibility index (Phi) is 19.0. The van der Waals surface area contributed by atoms with Crippen molar-refractivity contribution < 1.29 is 9.37 Å². The van der Waals surface area contributed by atoms with Gasteiger partial charge in [-0.3, -0.25) is 14.3 Å². The molecule has 0 aromatic rings. The Morgan fingerprint density at radius 2 is 1.65 bits per heavy atom. The van der Waals surface area contributed by atoms with Crippen molar-refractivity contribution in [2.24, 2.45) is 5.92 Å². The van der Waals surface area contributed by atoms with E-state index in [-0.39, 0.29) is 5.91 Å². The zero-order valence-electron chi connectivity index (χ0n) is 23.4. The number of nitrogens with one attached hydrogen (secondary N) is 1. The van der Waals surface area contributed by atoms with Crippen molar-refractivity contribution in [2.45, 2.75) is 130 Å². The second-order valence-electron chi connectivity index (χ2n) is 10.5. The summed E-state index contributed by atoms with van der Waals surface area (Å²) in [6, 6.07) is 0. The third-order valence-corrected chi connectivity index (χ3v) is 7.44. The summed E-state index contributed by atoms with van der Waals surface area (Å²) in [4.78, 5) is 14.7. The van der Waals surface area contributed by atoms with Crippen molar-refractivity contribution in [1.82, 2.24) is 10.2 Å². The highest BCUT2D eigenvalue weighted by atomic mass is 16.1. The predicted molar refractivity (Wildman–Crippen MR) is 149 cm³/mol. The number of hydrogen-bond donors (Lipinski definition) is 1. The Morgan fingerprint density at radius 1 is 0.971 bits per heavy atom. The molecule has 0 spiro atoms. The lowest BCUT2D eigenvalue weighted by atomic mass is 10.00. The molecule has 4 nitrogen and oxygen atoms in total. The van der Waals surface area contributed by atoms with Gasteiger partial charge in [-0.25, -0.2) is 0 Å². The van der Waals surface area contributed by atoms with Crippen LogP contribution in [0.1, 0.15) is 130 Å². The van der Waals surface area contributed by atoms with Gasteiger partial charge in [0.2, 0.25) is 11.7 Å². The molecule has 1 atom stereocenters.